The smallest absolute Gasteiger partial charge is 0.330 e. The van der Waals surface area contributed by atoms with Crippen LogP contribution in [0.5, 0.6) is 5.75 Å². The molecule has 0 spiro atoms. The van der Waals surface area contributed by atoms with Crippen molar-refractivity contribution in [2.45, 2.75) is 58.4 Å². The number of nitrogens with zero attached hydrogens (tertiary/aromatic N) is 2. The van der Waals surface area contributed by atoms with Gasteiger partial charge in [0.15, 0.2) is 18.3 Å². The Balaban J connectivity index is 1.28. The first-order chi connectivity index (χ1) is 16.4. The molecule has 0 bridgehead atoms. The summed E-state index contributed by atoms with van der Waals surface area (Å²) in [5.74, 6) is -0.274. The van der Waals surface area contributed by atoms with Gasteiger partial charge in [0, 0.05) is 25.6 Å². The lowest BCUT2D eigenvalue weighted by Crippen LogP contribution is -2.36. The molecule has 10 heteroatoms. The third kappa shape index (κ3) is 7.66. The van der Waals surface area contributed by atoms with Crippen LogP contribution in [-0.2, 0) is 14.3 Å². The van der Waals surface area contributed by atoms with Gasteiger partial charge >= 0.3 is 12.0 Å². The van der Waals surface area contributed by atoms with E-state index in [-0.39, 0.29) is 37.5 Å². The first-order valence-corrected chi connectivity index (χ1v) is 12.0. The molecule has 0 radical (unpaired) electrons. The molecule has 1 atom stereocenters. The summed E-state index contributed by atoms with van der Waals surface area (Å²) in [6.45, 7) is 5.11. The number of hydrogen-bond donors (Lipinski definition) is 2. The minimum Gasteiger partial charge on any atom is -0.490 e. The number of carbonyl (C=O) groups is 3. The summed E-state index contributed by atoms with van der Waals surface area (Å²) in [5.41, 5.74) is 7.34. The lowest BCUT2D eigenvalue weighted by atomic mass is 10.1. The van der Waals surface area contributed by atoms with Crippen LogP contribution in [0.15, 0.2) is 18.2 Å². The standard InChI is InChI=1S/C24H35FN4O5/c1-3-23(31)34-16-29-22(30)14-28(24(29)32)12-6-4-5-11-26-27-17(2)19-9-10-20(25)21(13-19)33-15-18-7-8-18/h9-10,13,17-18,26-27H,3-8,11-12,14-16H2,1-2H3. The molecule has 1 aliphatic heterocycles. The minimum atomic E-state index is -0.448. The molecule has 34 heavy (non-hydrogen) atoms. The molecule has 1 aromatic carbocycles. The molecule has 1 aromatic rings. The van der Waals surface area contributed by atoms with Gasteiger partial charge in [-0.05, 0) is 56.2 Å². The number of amides is 3. The molecular formula is C24H35FN4O5. The number of benzene rings is 1. The predicted octanol–water partition coefficient (Wildman–Crippen LogP) is 3.11. The summed E-state index contributed by atoms with van der Waals surface area (Å²) in [5, 5.41) is 0. The lowest BCUT2D eigenvalue weighted by molar-refractivity contribution is -0.148. The summed E-state index contributed by atoms with van der Waals surface area (Å²) in [7, 11) is 0. The highest BCUT2D eigenvalue weighted by molar-refractivity contribution is 6.01. The van der Waals surface area contributed by atoms with Crippen LogP contribution in [0.3, 0.4) is 0 Å². The molecule has 2 fully saturated rings. The SMILES string of the molecule is CCC(=O)OCN1C(=O)CN(CCCCCNNC(C)c2ccc(F)c(OCC3CC3)c2)C1=O. The van der Waals surface area contributed by atoms with Crippen molar-refractivity contribution in [2.75, 3.05) is 33.0 Å². The average Bonchev–Trinajstić information content (AvgIpc) is 3.61. The van der Waals surface area contributed by atoms with Crippen molar-refractivity contribution in [1.82, 2.24) is 20.7 Å². The highest BCUT2D eigenvalue weighted by Crippen LogP contribution is 2.31. The first kappa shape index (κ1) is 25.9. The van der Waals surface area contributed by atoms with E-state index in [1.54, 1.807) is 19.1 Å². The van der Waals surface area contributed by atoms with Crippen LogP contribution in [0, 0.1) is 11.7 Å². The van der Waals surface area contributed by atoms with Crippen molar-refractivity contribution >= 4 is 17.9 Å². The van der Waals surface area contributed by atoms with Crippen LogP contribution in [0.2, 0.25) is 0 Å². The molecule has 1 aliphatic carbocycles. The number of hydrogen-bond acceptors (Lipinski definition) is 7. The van der Waals surface area contributed by atoms with Crippen LogP contribution < -0.4 is 15.6 Å². The Morgan fingerprint density at radius 2 is 2.03 bits per heavy atom. The highest BCUT2D eigenvalue weighted by Gasteiger charge is 2.36. The van der Waals surface area contributed by atoms with Gasteiger partial charge in [-0.3, -0.25) is 20.4 Å². The van der Waals surface area contributed by atoms with E-state index in [0.717, 1.165) is 49.1 Å². The lowest BCUT2D eigenvalue weighted by Gasteiger charge is -2.18. The average molecular weight is 479 g/mol. The van der Waals surface area contributed by atoms with Gasteiger partial charge in [0.1, 0.15) is 6.54 Å². The molecule has 0 aromatic heterocycles. The number of halogens is 1. The number of ether oxygens (including phenoxy) is 2. The second kappa shape index (κ2) is 12.7. The van der Waals surface area contributed by atoms with E-state index in [0.29, 0.717) is 24.8 Å². The Kier molecular flexibility index (Phi) is 9.64. The zero-order chi connectivity index (χ0) is 24.5. The topological polar surface area (TPSA) is 100 Å². The van der Waals surface area contributed by atoms with Crippen LogP contribution in [0.4, 0.5) is 9.18 Å². The number of hydrazine groups is 1. The third-order valence-electron chi connectivity index (χ3n) is 5.95. The van der Waals surface area contributed by atoms with Crippen LogP contribution in [0.25, 0.3) is 0 Å². The summed E-state index contributed by atoms with van der Waals surface area (Å²) in [6, 6.07) is 4.50. The van der Waals surface area contributed by atoms with E-state index in [1.165, 1.54) is 11.0 Å². The van der Waals surface area contributed by atoms with Gasteiger partial charge in [0.05, 0.1) is 6.61 Å². The summed E-state index contributed by atoms with van der Waals surface area (Å²) >= 11 is 0. The van der Waals surface area contributed by atoms with Crippen LogP contribution in [-0.4, -0.2) is 60.7 Å². The Morgan fingerprint density at radius 1 is 1.24 bits per heavy atom. The number of carbonyl (C=O) groups excluding carboxylic acids is 3. The number of imide groups is 1. The molecule has 1 saturated carbocycles. The predicted molar refractivity (Wildman–Crippen MR) is 123 cm³/mol. The molecule has 3 rings (SSSR count). The highest BCUT2D eigenvalue weighted by atomic mass is 19.1. The third-order valence-corrected chi connectivity index (χ3v) is 5.95. The Bertz CT molecular complexity index is 864. The molecule has 2 aliphatic rings. The van der Waals surface area contributed by atoms with E-state index in [2.05, 4.69) is 10.9 Å². The largest absolute Gasteiger partial charge is 0.490 e. The second-order valence-corrected chi connectivity index (χ2v) is 8.82. The van der Waals surface area contributed by atoms with Crippen molar-refractivity contribution in [3.63, 3.8) is 0 Å². The van der Waals surface area contributed by atoms with Crippen molar-refractivity contribution < 1.29 is 28.2 Å². The quantitative estimate of drug-likeness (QED) is 0.173. The monoisotopic (exact) mass is 478 g/mol. The van der Waals surface area contributed by atoms with E-state index in [1.807, 2.05) is 6.92 Å². The molecule has 2 N–H and O–H groups in total. The summed E-state index contributed by atoms with van der Waals surface area (Å²) in [6.07, 6.45) is 5.03. The summed E-state index contributed by atoms with van der Waals surface area (Å²) < 4.78 is 24.5. The van der Waals surface area contributed by atoms with Gasteiger partial charge in [-0.2, -0.15) is 0 Å². The maximum Gasteiger partial charge on any atom is 0.330 e. The van der Waals surface area contributed by atoms with Crippen LogP contribution in [0.1, 0.15) is 64.0 Å². The summed E-state index contributed by atoms with van der Waals surface area (Å²) in [4.78, 5) is 38.0. The van der Waals surface area contributed by atoms with Gasteiger partial charge in [0.25, 0.3) is 5.91 Å². The normalized spacial score (nSPS) is 16.8. The number of esters is 1. The number of unbranched alkanes of at least 4 members (excludes halogenated alkanes) is 2. The van der Waals surface area contributed by atoms with Gasteiger partial charge in [0.2, 0.25) is 0 Å². The van der Waals surface area contributed by atoms with Gasteiger partial charge in [-0.15, -0.1) is 0 Å². The van der Waals surface area contributed by atoms with E-state index in [9.17, 15) is 18.8 Å². The van der Waals surface area contributed by atoms with Crippen molar-refractivity contribution in [3.05, 3.63) is 29.6 Å². The fraction of sp³-hybridized carbons (Fsp3) is 0.625. The van der Waals surface area contributed by atoms with Gasteiger partial charge in [-0.1, -0.05) is 19.4 Å². The molecule has 1 saturated heterocycles. The number of urea groups is 1. The van der Waals surface area contributed by atoms with E-state index >= 15 is 0 Å². The zero-order valence-corrected chi connectivity index (χ0v) is 20.0. The van der Waals surface area contributed by atoms with Crippen molar-refractivity contribution in [2.24, 2.45) is 5.92 Å². The second-order valence-electron chi connectivity index (χ2n) is 8.82. The van der Waals surface area contributed by atoms with Crippen LogP contribution >= 0.6 is 0 Å². The van der Waals surface area contributed by atoms with Gasteiger partial charge in [-0.25, -0.2) is 14.1 Å². The number of nitrogens with one attached hydrogen (secondary N) is 2. The van der Waals surface area contributed by atoms with Crippen molar-refractivity contribution in [3.8, 4) is 5.75 Å². The molecule has 9 nitrogen and oxygen atoms in total. The van der Waals surface area contributed by atoms with E-state index in [4.69, 9.17) is 9.47 Å². The molecule has 1 unspecified atom stereocenters. The Labute approximate surface area is 199 Å². The molecule has 188 valence electrons. The maximum absolute atomic E-state index is 14.0. The van der Waals surface area contributed by atoms with Crippen molar-refractivity contribution in [1.29, 1.82) is 0 Å². The number of rotatable bonds is 15. The molecular weight excluding hydrogens is 443 g/mol. The fourth-order valence-electron chi connectivity index (χ4n) is 3.53. The first-order valence-electron chi connectivity index (χ1n) is 12.0. The Morgan fingerprint density at radius 3 is 2.76 bits per heavy atom. The molecule has 1 heterocycles. The molecule has 3 amide bonds. The van der Waals surface area contributed by atoms with Gasteiger partial charge < -0.3 is 14.4 Å². The maximum atomic E-state index is 14.0. The fourth-order valence-corrected chi connectivity index (χ4v) is 3.53. The van der Waals surface area contributed by atoms with E-state index < -0.39 is 12.0 Å². The Hall–Kier alpha value is -2.72. The minimum absolute atomic E-state index is 0.0177. The zero-order valence-electron chi connectivity index (χ0n) is 20.0.